The number of aliphatic hydroxyl groups is 1. The van der Waals surface area contributed by atoms with Crippen molar-refractivity contribution >= 4 is 29.0 Å². The lowest BCUT2D eigenvalue weighted by Gasteiger charge is -2.32. The molecule has 240 valence electrons. The van der Waals surface area contributed by atoms with Gasteiger partial charge in [0, 0.05) is 41.3 Å². The van der Waals surface area contributed by atoms with E-state index in [4.69, 9.17) is 0 Å². The van der Waals surface area contributed by atoms with Gasteiger partial charge in [-0.2, -0.15) is 31.4 Å². The fourth-order valence-electron chi connectivity index (χ4n) is 4.50. The fourth-order valence-corrected chi connectivity index (χ4v) is 4.50. The molecule has 2 aromatic carbocycles. The predicted molar refractivity (Wildman–Crippen MR) is 154 cm³/mol. The number of nitrogens with zero attached hydrogens (tertiary/aromatic N) is 4. The van der Waals surface area contributed by atoms with Crippen molar-refractivity contribution in [1.82, 2.24) is 24.8 Å². The molecule has 0 fully saturated rings. The summed E-state index contributed by atoms with van der Waals surface area (Å²) in [6.45, 7) is 2.91. The number of imidazole rings is 1. The Morgan fingerprint density at radius 2 is 1.62 bits per heavy atom. The van der Waals surface area contributed by atoms with Gasteiger partial charge in [0.2, 0.25) is 0 Å². The molecule has 0 saturated heterocycles. The summed E-state index contributed by atoms with van der Waals surface area (Å²) in [5.41, 5.74) is -4.34. The van der Waals surface area contributed by atoms with Crippen LogP contribution in [0.1, 0.15) is 27.9 Å². The zero-order chi connectivity index (χ0) is 33.2. The Balaban J connectivity index is 1.57. The Bertz CT molecular complexity index is 1670. The summed E-state index contributed by atoms with van der Waals surface area (Å²) < 4.78 is 80.7. The Kier molecular flexibility index (Phi) is 9.39. The van der Waals surface area contributed by atoms with E-state index < -0.39 is 35.5 Å². The number of benzene rings is 2. The summed E-state index contributed by atoms with van der Waals surface area (Å²) >= 11 is 0. The molecule has 2 aromatic heterocycles. The van der Waals surface area contributed by atoms with Crippen LogP contribution in [0.3, 0.4) is 0 Å². The average Bonchev–Trinajstić information content (AvgIpc) is 3.44. The first-order valence-electron chi connectivity index (χ1n) is 13.4. The Morgan fingerprint density at radius 3 is 2.24 bits per heavy atom. The third kappa shape index (κ3) is 7.01. The number of carbonyl (C=O) groups is 2. The fraction of sp³-hybridized carbons (Fsp3) is 0.310. The van der Waals surface area contributed by atoms with Crippen LogP contribution >= 0.6 is 0 Å². The van der Waals surface area contributed by atoms with Crippen molar-refractivity contribution in [3.63, 3.8) is 0 Å². The molecule has 3 amide bonds. The molecule has 0 unspecified atom stereocenters. The van der Waals surface area contributed by atoms with E-state index in [0.29, 0.717) is 46.8 Å². The van der Waals surface area contributed by atoms with Gasteiger partial charge in [0.15, 0.2) is 5.65 Å². The molecule has 16 heteroatoms. The number of aromatic nitrogens is 3. The zero-order valence-electron chi connectivity index (χ0n) is 24.2. The molecule has 0 aliphatic heterocycles. The van der Waals surface area contributed by atoms with Gasteiger partial charge in [0.25, 0.3) is 11.5 Å². The highest BCUT2D eigenvalue weighted by atomic mass is 19.4. The van der Waals surface area contributed by atoms with E-state index >= 15 is 0 Å². The Labute approximate surface area is 253 Å². The molecule has 2 heterocycles. The minimum atomic E-state index is -6.05. The number of anilines is 2. The third-order valence-corrected chi connectivity index (χ3v) is 6.92. The van der Waals surface area contributed by atoms with Crippen molar-refractivity contribution in [3.8, 4) is 11.3 Å². The second-order valence-electron chi connectivity index (χ2n) is 10.4. The van der Waals surface area contributed by atoms with Crippen LogP contribution in [0.25, 0.3) is 16.9 Å². The van der Waals surface area contributed by atoms with Crippen molar-refractivity contribution in [2.24, 2.45) is 0 Å². The number of nitrogens with one attached hydrogen (secondary N) is 3. The number of urea groups is 1. The molecule has 4 rings (SSSR count). The van der Waals surface area contributed by atoms with Crippen LogP contribution in [-0.2, 0) is 5.60 Å². The van der Waals surface area contributed by atoms with Crippen LogP contribution in [0.4, 0.5) is 42.5 Å². The van der Waals surface area contributed by atoms with Gasteiger partial charge in [-0.15, -0.1) is 0 Å². The number of alkyl halides is 6. The van der Waals surface area contributed by atoms with Crippen LogP contribution in [0, 0.1) is 6.92 Å². The van der Waals surface area contributed by atoms with Crippen molar-refractivity contribution in [2.75, 3.05) is 37.8 Å². The third-order valence-electron chi connectivity index (χ3n) is 6.92. The van der Waals surface area contributed by atoms with Crippen molar-refractivity contribution < 1.29 is 41.0 Å². The molecule has 45 heavy (non-hydrogen) atoms. The first-order chi connectivity index (χ1) is 21.0. The molecule has 0 aliphatic carbocycles. The van der Waals surface area contributed by atoms with Gasteiger partial charge in [-0.05, 0) is 63.8 Å². The molecule has 0 atom stereocenters. The normalized spacial score (nSPS) is 12.4. The average molecular weight is 638 g/mol. The standard InChI is InChI=1S/C29H29F6N7O3/c1-17-20(22-16-23(24-36-13-15-42(24)40-22)39-26(44)37-12-5-14-41(2)3)6-4-7-21(17)38-25(43)18-8-10-19(11-9-18)27(45,28(30,31)32)29(33,34)35/h4,6-11,13,15-16,45H,5,12,14H2,1-3H3,(H,38,43)(H2,37,39,44). The van der Waals surface area contributed by atoms with E-state index in [1.54, 1.807) is 37.4 Å². The Morgan fingerprint density at radius 1 is 0.956 bits per heavy atom. The molecule has 0 saturated carbocycles. The van der Waals surface area contributed by atoms with Crippen LogP contribution < -0.4 is 16.0 Å². The second kappa shape index (κ2) is 12.7. The van der Waals surface area contributed by atoms with Crippen LogP contribution in [0.2, 0.25) is 0 Å². The predicted octanol–water partition coefficient (Wildman–Crippen LogP) is 5.34. The maximum absolute atomic E-state index is 13.2. The summed E-state index contributed by atoms with van der Waals surface area (Å²) in [5.74, 6) is -0.823. The molecule has 0 radical (unpaired) electrons. The lowest BCUT2D eigenvalue weighted by molar-refractivity contribution is -0.376. The van der Waals surface area contributed by atoms with Crippen molar-refractivity contribution in [2.45, 2.75) is 31.3 Å². The van der Waals surface area contributed by atoms with Gasteiger partial charge in [-0.1, -0.05) is 24.3 Å². The second-order valence-corrected chi connectivity index (χ2v) is 10.4. The zero-order valence-corrected chi connectivity index (χ0v) is 24.2. The van der Waals surface area contributed by atoms with Crippen LogP contribution in [-0.4, -0.2) is 76.1 Å². The van der Waals surface area contributed by atoms with Crippen molar-refractivity contribution in [3.05, 3.63) is 77.6 Å². The molecule has 10 nitrogen and oxygen atoms in total. The summed E-state index contributed by atoms with van der Waals surface area (Å²) in [6.07, 6.45) is -8.27. The number of rotatable bonds is 9. The van der Waals surface area contributed by atoms with E-state index in [-0.39, 0.29) is 11.3 Å². The lowest BCUT2D eigenvalue weighted by atomic mass is 9.91. The highest BCUT2D eigenvalue weighted by molar-refractivity contribution is 6.05. The monoisotopic (exact) mass is 637 g/mol. The molecule has 4 aromatic rings. The summed E-state index contributed by atoms with van der Waals surface area (Å²) in [7, 11) is 3.85. The van der Waals surface area contributed by atoms with Gasteiger partial charge in [0.05, 0.1) is 11.4 Å². The van der Waals surface area contributed by atoms with E-state index in [2.05, 4.69) is 26.0 Å². The summed E-state index contributed by atoms with van der Waals surface area (Å²) in [4.78, 5) is 31.7. The minimum absolute atomic E-state index is 0.253. The van der Waals surface area contributed by atoms with Gasteiger partial charge in [-0.25, -0.2) is 14.3 Å². The molecule has 0 aliphatic rings. The molecule has 0 bridgehead atoms. The van der Waals surface area contributed by atoms with Gasteiger partial charge in [0.1, 0.15) is 0 Å². The summed E-state index contributed by atoms with van der Waals surface area (Å²) in [6, 6.07) is 8.35. The largest absolute Gasteiger partial charge is 0.430 e. The maximum Gasteiger partial charge on any atom is 0.430 e. The highest BCUT2D eigenvalue weighted by Crippen LogP contribution is 2.50. The number of carbonyl (C=O) groups excluding carboxylic acids is 2. The summed E-state index contributed by atoms with van der Waals surface area (Å²) in [5, 5.41) is 22.3. The maximum atomic E-state index is 13.2. The van der Waals surface area contributed by atoms with Gasteiger partial charge in [-0.3, -0.25) is 4.79 Å². The minimum Gasteiger partial charge on any atom is -0.369 e. The van der Waals surface area contributed by atoms with E-state index in [0.717, 1.165) is 25.1 Å². The molecule has 0 spiro atoms. The van der Waals surface area contributed by atoms with Gasteiger partial charge < -0.3 is 26.0 Å². The lowest BCUT2D eigenvalue weighted by Crippen LogP contribution is -2.53. The van der Waals surface area contributed by atoms with Crippen LogP contribution in [0.15, 0.2) is 60.9 Å². The smallest absolute Gasteiger partial charge is 0.369 e. The highest BCUT2D eigenvalue weighted by Gasteiger charge is 2.71. The van der Waals surface area contributed by atoms with E-state index in [9.17, 15) is 41.0 Å². The molecular formula is C29H29F6N7O3. The quantitative estimate of drug-likeness (QED) is 0.145. The first-order valence-corrected chi connectivity index (χ1v) is 13.4. The van der Waals surface area contributed by atoms with Crippen molar-refractivity contribution in [1.29, 1.82) is 0 Å². The van der Waals surface area contributed by atoms with Gasteiger partial charge >= 0.3 is 18.4 Å². The molecule has 4 N–H and O–H groups in total. The number of hydrogen-bond acceptors (Lipinski definition) is 6. The molecular weight excluding hydrogens is 608 g/mol. The SMILES string of the molecule is Cc1c(NC(=O)c2ccc(C(O)(C(F)(F)F)C(F)(F)F)cc2)cccc1-c1cc(NC(=O)NCCCN(C)C)c2nccn2n1. The first kappa shape index (κ1) is 33.2. The number of hydrogen-bond donors (Lipinski definition) is 4. The number of amides is 3. The van der Waals surface area contributed by atoms with Crippen LogP contribution in [0.5, 0.6) is 0 Å². The number of halogens is 6. The van der Waals surface area contributed by atoms with E-state index in [1.807, 2.05) is 19.0 Å². The van der Waals surface area contributed by atoms with E-state index in [1.165, 1.54) is 10.7 Å². The Hall–Kier alpha value is -4.70. The topological polar surface area (TPSA) is 124 Å². The number of fused-ring (bicyclic) bond motifs is 1.